The van der Waals surface area contributed by atoms with E-state index < -0.39 is 0 Å². The highest BCUT2D eigenvalue weighted by Gasteiger charge is 2.13. The van der Waals surface area contributed by atoms with E-state index in [4.69, 9.17) is 0 Å². The Morgan fingerprint density at radius 3 is 2.90 bits per heavy atom. The predicted octanol–water partition coefficient (Wildman–Crippen LogP) is 2.75. The lowest BCUT2D eigenvalue weighted by molar-refractivity contribution is 0.0949. The number of aryl methyl sites for hydroxylation is 2. The molecular formula is C15H16N4OS. The summed E-state index contributed by atoms with van der Waals surface area (Å²) in [5.74, 6) is 0.767. The van der Waals surface area contributed by atoms with Crippen molar-refractivity contribution in [3.63, 3.8) is 0 Å². The van der Waals surface area contributed by atoms with Crippen molar-refractivity contribution in [2.45, 2.75) is 26.9 Å². The fourth-order valence-corrected chi connectivity index (χ4v) is 3.07. The van der Waals surface area contributed by atoms with E-state index in [1.807, 2.05) is 31.2 Å². The average Bonchev–Trinajstić information content (AvgIpc) is 3.07. The lowest BCUT2D eigenvalue weighted by Gasteiger charge is -2.07. The molecule has 0 unspecified atom stereocenters. The molecule has 0 bridgehead atoms. The number of para-hydroxylation sites is 2. The van der Waals surface area contributed by atoms with Gasteiger partial charge in [0.1, 0.15) is 5.82 Å². The number of imidazole rings is 1. The molecule has 2 aromatic heterocycles. The van der Waals surface area contributed by atoms with Crippen LogP contribution in [0.1, 0.15) is 28.8 Å². The molecule has 2 heterocycles. The molecule has 5 nitrogen and oxygen atoms in total. The SMILES string of the molecule is CCn1c(CNC(=O)c2csnc2C)nc2ccccc21. The zero-order chi connectivity index (χ0) is 14.8. The summed E-state index contributed by atoms with van der Waals surface area (Å²) in [5.41, 5.74) is 3.45. The zero-order valence-corrected chi connectivity index (χ0v) is 12.8. The van der Waals surface area contributed by atoms with Gasteiger partial charge in [-0.05, 0) is 37.5 Å². The summed E-state index contributed by atoms with van der Waals surface area (Å²) in [6, 6.07) is 8.00. The Morgan fingerprint density at radius 2 is 2.19 bits per heavy atom. The Bertz CT molecular complexity index is 790. The van der Waals surface area contributed by atoms with Crippen LogP contribution in [0.3, 0.4) is 0 Å². The number of amides is 1. The van der Waals surface area contributed by atoms with Gasteiger partial charge in [-0.3, -0.25) is 4.79 Å². The Morgan fingerprint density at radius 1 is 1.38 bits per heavy atom. The maximum atomic E-state index is 12.1. The fraction of sp³-hybridized carbons (Fsp3) is 0.267. The quantitative estimate of drug-likeness (QED) is 0.806. The molecule has 0 aliphatic rings. The van der Waals surface area contributed by atoms with E-state index in [1.54, 1.807) is 5.38 Å². The summed E-state index contributed by atoms with van der Waals surface area (Å²) >= 11 is 1.30. The van der Waals surface area contributed by atoms with Gasteiger partial charge in [0.25, 0.3) is 5.91 Å². The third kappa shape index (κ3) is 2.54. The maximum absolute atomic E-state index is 12.1. The lowest BCUT2D eigenvalue weighted by atomic mass is 10.2. The summed E-state index contributed by atoms with van der Waals surface area (Å²) in [6.07, 6.45) is 0. The molecule has 0 atom stereocenters. The van der Waals surface area contributed by atoms with E-state index in [2.05, 4.69) is 26.2 Å². The van der Waals surface area contributed by atoms with Crippen molar-refractivity contribution in [2.75, 3.05) is 0 Å². The van der Waals surface area contributed by atoms with E-state index >= 15 is 0 Å². The number of benzene rings is 1. The second-order valence-corrected chi connectivity index (χ2v) is 5.39. The van der Waals surface area contributed by atoms with Crippen molar-refractivity contribution in [3.8, 4) is 0 Å². The molecule has 108 valence electrons. The smallest absolute Gasteiger partial charge is 0.254 e. The van der Waals surface area contributed by atoms with Crippen LogP contribution in [-0.4, -0.2) is 19.8 Å². The van der Waals surface area contributed by atoms with Gasteiger partial charge in [-0.15, -0.1) is 0 Å². The number of aromatic nitrogens is 3. The molecule has 0 saturated heterocycles. The van der Waals surface area contributed by atoms with Gasteiger partial charge >= 0.3 is 0 Å². The van der Waals surface area contributed by atoms with E-state index in [1.165, 1.54) is 11.5 Å². The number of fused-ring (bicyclic) bond motifs is 1. The first-order valence-electron chi connectivity index (χ1n) is 6.84. The normalized spacial score (nSPS) is 11.0. The van der Waals surface area contributed by atoms with Crippen molar-refractivity contribution in [2.24, 2.45) is 0 Å². The second kappa shape index (κ2) is 5.65. The third-order valence-corrected chi connectivity index (χ3v) is 4.17. The molecular weight excluding hydrogens is 284 g/mol. The van der Waals surface area contributed by atoms with Crippen LogP contribution in [-0.2, 0) is 13.1 Å². The van der Waals surface area contributed by atoms with Gasteiger partial charge in [0.05, 0.1) is 28.8 Å². The third-order valence-electron chi connectivity index (χ3n) is 3.45. The first-order chi connectivity index (χ1) is 10.2. The Hall–Kier alpha value is -2.21. The van der Waals surface area contributed by atoms with Crippen LogP contribution >= 0.6 is 11.5 Å². The first kappa shape index (κ1) is 13.8. The van der Waals surface area contributed by atoms with Gasteiger partial charge in [0, 0.05) is 11.9 Å². The minimum atomic E-state index is -0.101. The van der Waals surface area contributed by atoms with E-state index in [0.717, 1.165) is 29.1 Å². The monoisotopic (exact) mass is 300 g/mol. The molecule has 0 spiro atoms. The number of carbonyl (C=O) groups is 1. The van der Waals surface area contributed by atoms with Crippen LogP contribution in [0.4, 0.5) is 0 Å². The highest BCUT2D eigenvalue weighted by atomic mass is 32.1. The average molecular weight is 300 g/mol. The van der Waals surface area contributed by atoms with Crippen LogP contribution in [0.5, 0.6) is 0 Å². The first-order valence-corrected chi connectivity index (χ1v) is 7.67. The topological polar surface area (TPSA) is 59.8 Å². The number of nitrogens with one attached hydrogen (secondary N) is 1. The molecule has 0 radical (unpaired) electrons. The summed E-state index contributed by atoms with van der Waals surface area (Å²) < 4.78 is 6.24. The maximum Gasteiger partial charge on any atom is 0.254 e. The summed E-state index contributed by atoms with van der Waals surface area (Å²) in [6.45, 7) is 5.15. The molecule has 0 aliphatic carbocycles. The van der Waals surface area contributed by atoms with Crippen LogP contribution in [0.15, 0.2) is 29.6 Å². The molecule has 0 saturated carbocycles. The lowest BCUT2D eigenvalue weighted by Crippen LogP contribution is -2.25. The van der Waals surface area contributed by atoms with E-state index in [0.29, 0.717) is 12.1 Å². The largest absolute Gasteiger partial charge is 0.345 e. The van der Waals surface area contributed by atoms with E-state index in [9.17, 15) is 4.79 Å². The Labute approximate surface area is 126 Å². The highest BCUT2D eigenvalue weighted by Crippen LogP contribution is 2.16. The highest BCUT2D eigenvalue weighted by molar-refractivity contribution is 7.03. The minimum Gasteiger partial charge on any atom is -0.345 e. The van der Waals surface area contributed by atoms with Gasteiger partial charge in [-0.2, -0.15) is 4.37 Å². The molecule has 6 heteroatoms. The minimum absolute atomic E-state index is 0.101. The number of rotatable bonds is 4. The van der Waals surface area contributed by atoms with E-state index in [-0.39, 0.29) is 5.91 Å². The number of hydrogen-bond acceptors (Lipinski definition) is 4. The van der Waals surface area contributed by atoms with Crippen LogP contribution in [0.25, 0.3) is 11.0 Å². The standard InChI is InChI=1S/C15H16N4OS/c1-3-19-13-7-5-4-6-12(13)17-14(19)8-16-15(20)11-9-21-18-10(11)2/h4-7,9H,3,8H2,1-2H3,(H,16,20). The van der Waals surface area contributed by atoms with Crippen molar-refractivity contribution in [1.29, 1.82) is 0 Å². The zero-order valence-electron chi connectivity index (χ0n) is 12.0. The molecule has 21 heavy (non-hydrogen) atoms. The van der Waals surface area contributed by atoms with Crippen molar-refractivity contribution in [1.82, 2.24) is 19.2 Å². The Kier molecular flexibility index (Phi) is 3.70. The van der Waals surface area contributed by atoms with Gasteiger partial charge < -0.3 is 9.88 Å². The van der Waals surface area contributed by atoms with Gasteiger partial charge in [0.15, 0.2) is 0 Å². The fourth-order valence-electron chi connectivity index (χ4n) is 2.38. The van der Waals surface area contributed by atoms with Crippen LogP contribution in [0, 0.1) is 6.92 Å². The second-order valence-electron chi connectivity index (χ2n) is 4.76. The molecule has 1 aromatic carbocycles. The molecule has 1 N–H and O–H groups in total. The molecule has 1 amide bonds. The molecule has 3 rings (SSSR count). The van der Waals surface area contributed by atoms with Crippen LogP contribution < -0.4 is 5.32 Å². The van der Waals surface area contributed by atoms with Gasteiger partial charge in [0.2, 0.25) is 0 Å². The molecule has 0 fully saturated rings. The van der Waals surface area contributed by atoms with Crippen molar-refractivity contribution in [3.05, 3.63) is 46.7 Å². The van der Waals surface area contributed by atoms with Gasteiger partial charge in [-0.25, -0.2) is 4.98 Å². The summed E-state index contributed by atoms with van der Waals surface area (Å²) in [7, 11) is 0. The number of hydrogen-bond donors (Lipinski definition) is 1. The van der Waals surface area contributed by atoms with Crippen molar-refractivity contribution < 1.29 is 4.79 Å². The predicted molar refractivity (Wildman–Crippen MR) is 83.4 cm³/mol. The molecule has 3 aromatic rings. The van der Waals surface area contributed by atoms with Crippen molar-refractivity contribution >= 4 is 28.5 Å². The summed E-state index contributed by atoms with van der Waals surface area (Å²) in [5, 5.41) is 4.69. The van der Waals surface area contributed by atoms with Crippen LogP contribution in [0.2, 0.25) is 0 Å². The Balaban J connectivity index is 1.82. The number of carbonyl (C=O) groups excluding carboxylic acids is 1. The summed E-state index contributed by atoms with van der Waals surface area (Å²) in [4.78, 5) is 16.7. The molecule has 0 aliphatic heterocycles. The van der Waals surface area contributed by atoms with Gasteiger partial charge in [-0.1, -0.05) is 12.1 Å². The number of nitrogens with zero attached hydrogens (tertiary/aromatic N) is 3.